The van der Waals surface area contributed by atoms with Crippen LogP contribution >= 0.6 is 11.6 Å². The second kappa shape index (κ2) is 10.7. The molecule has 0 bridgehead atoms. The third kappa shape index (κ3) is 5.67. The number of hydrogen-bond acceptors (Lipinski definition) is 5. The molecule has 0 aliphatic carbocycles. The average Bonchev–Trinajstić information content (AvgIpc) is 3.54. The molecule has 204 valence electrons. The van der Waals surface area contributed by atoms with Gasteiger partial charge in [0.05, 0.1) is 21.9 Å². The number of carbonyl (C=O) groups excluding carboxylic acids is 2. The van der Waals surface area contributed by atoms with E-state index < -0.39 is 11.7 Å². The Hall–Kier alpha value is -4.30. The molecule has 40 heavy (non-hydrogen) atoms. The van der Waals surface area contributed by atoms with Crippen LogP contribution in [0.1, 0.15) is 56.1 Å². The molecule has 1 unspecified atom stereocenters. The van der Waals surface area contributed by atoms with E-state index >= 15 is 0 Å². The Kier molecular flexibility index (Phi) is 7.29. The normalized spacial score (nSPS) is 12.4. The Morgan fingerprint density at radius 3 is 2.48 bits per heavy atom. The number of benzene rings is 3. The first-order chi connectivity index (χ1) is 19.0. The Labute approximate surface area is 236 Å². The molecular formula is C31H28ClFN4O3. The lowest BCUT2D eigenvalue weighted by molar-refractivity contribution is 0.0536. The van der Waals surface area contributed by atoms with Crippen molar-refractivity contribution in [3.63, 3.8) is 0 Å². The minimum atomic E-state index is -0.631. The summed E-state index contributed by atoms with van der Waals surface area (Å²) in [4.78, 5) is 30.1. The molecule has 0 aliphatic rings. The fraction of sp³-hybridized carbons (Fsp3) is 0.226. The van der Waals surface area contributed by atoms with Gasteiger partial charge in [0.1, 0.15) is 23.4 Å². The fourth-order valence-electron chi connectivity index (χ4n) is 4.43. The summed E-state index contributed by atoms with van der Waals surface area (Å²) >= 11 is 6.50. The van der Waals surface area contributed by atoms with Gasteiger partial charge in [-0.05, 0) is 63.2 Å². The maximum Gasteiger partial charge on any atom is 0.419 e. The first kappa shape index (κ1) is 27.3. The van der Waals surface area contributed by atoms with Crippen LogP contribution in [0.4, 0.5) is 9.18 Å². The van der Waals surface area contributed by atoms with E-state index in [0.29, 0.717) is 33.2 Å². The highest BCUT2D eigenvalue weighted by Crippen LogP contribution is 2.35. The van der Waals surface area contributed by atoms with Crippen molar-refractivity contribution >= 4 is 34.4 Å². The SMILES string of the molecule is CC(CC(=O)c1ccc2c(-c3ccccc3Cl)nn(-c3ccc(F)cc3)c2c1)c1cn(C(=O)OC(C)(C)C)cn1. The molecule has 0 saturated carbocycles. The highest BCUT2D eigenvalue weighted by molar-refractivity contribution is 6.33. The topological polar surface area (TPSA) is 79.0 Å². The van der Waals surface area contributed by atoms with Gasteiger partial charge in [0.15, 0.2) is 5.78 Å². The lowest BCUT2D eigenvalue weighted by Crippen LogP contribution is -2.26. The molecule has 0 amide bonds. The number of fused-ring (bicyclic) bond motifs is 1. The zero-order valence-corrected chi connectivity index (χ0v) is 23.3. The molecule has 7 nitrogen and oxygen atoms in total. The van der Waals surface area contributed by atoms with Crippen LogP contribution in [0.25, 0.3) is 27.8 Å². The molecule has 0 spiro atoms. The molecular weight excluding hydrogens is 531 g/mol. The third-order valence-corrected chi connectivity index (χ3v) is 6.74. The first-order valence-corrected chi connectivity index (χ1v) is 13.2. The highest BCUT2D eigenvalue weighted by Gasteiger charge is 2.22. The molecule has 0 fully saturated rings. The second-order valence-electron chi connectivity index (χ2n) is 10.7. The van der Waals surface area contributed by atoms with Crippen molar-refractivity contribution in [3.8, 4) is 16.9 Å². The number of nitrogens with zero attached hydrogens (tertiary/aromatic N) is 4. The molecule has 5 aromatic rings. The predicted octanol–water partition coefficient (Wildman–Crippen LogP) is 7.84. The van der Waals surface area contributed by atoms with E-state index in [9.17, 15) is 14.0 Å². The van der Waals surface area contributed by atoms with Crippen LogP contribution in [0, 0.1) is 5.82 Å². The molecule has 0 radical (unpaired) electrons. The molecule has 2 heterocycles. The number of Topliss-reactive ketones (excluding diaryl/α,β-unsaturated/α-hetero) is 1. The molecule has 5 rings (SSSR count). The van der Waals surface area contributed by atoms with E-state index in [1.54, 1.807) is 62.0 Å². The minimum Gasteiger partial charge on any atom is -0.443 e. The number of aromatic nitrogens is 4. The van der Waals surface area contributed by atoms with E-state index in [-0.39, 0.29) is 23.9 Å². The third-order valence-electron chi connectivity index (χ3n) is 6.41. The summed E-state index contributed by atoms with van der Waals surface area (Å²) in [5, 5.41) is 6.17. The summed E-state index contributed by atoms with van der Waals surface area (Å²) in [5.74, 6) is -0.689. The van der Waals surface area contributed by atoms with Crippen molar-refractivity contribution in [2.24, 2.45) is 0 Å². The molecule has 9 heteroatoms. The van der Waals surface area contributed by atoms with Crippen molar-refractivity contribution in [1.82, 2.24) is 19.3 Å². The van der Waals surface area contributed by atoms with Crippen molar-refractivity contribution in [2.45, 2.75) is 45.6 Å². The number of rotatable bonds is 6. The Bertz CT molecular complexity index is 1720. The standard InChI is InChI=1S/C31H28ClFN4O3/c1-19(26-17-36(18-34-26)30(39)40-31(2,3)4)15-28(38)20-9-14-24-27(16-20)37(22-12-10-21(33)11-13-22)35-29(24)23-7-5-6-8-25(23)32/h5-14,16-19H,15H2,1-4H3. The van der Waals surface area contributed by atoms with Gasteiger partial charge in [0, 0.05) is 35.0 Å². The maximum atomic E-state index is 13.7. The van der Waals surface area contributed by atoms with Gasteiger partial charge in [-0.2, -0.15) is 5.10 Å². The van der Waals surface area contributed by atoms with E-state index in [0.717, 1.165) is 10.9 Å². The fourth-order valence-corrected chi connectivity index (χ4v) is 4.65. The predicted molar refractivity (Wildman–Crippen MR) is 153 cm³/mol. The van der Waals surface area contributed by atoms with Crippen LogP contribution < -0.4 is 0 Å². The van der Waals surface area contributed by atoms with Crippen molar-refractivity contribution in [3.05, 3.63) is 101 Å². The number of hydrogen-bond donors (Lipinski definition) is 0. The van der Waals surface area contributed by atoms with Crippen LogP contribution in [0.15, 0.2) is 79.3 Å². The number of carbonyl (C=O) groups is 2. The average molecular weight is 559 g/mol. The Morgan fingerprint density at radius 1 is 1.05 bits per heavy atom. The van der Waals surface area contributed by atoms with E-state index in [2.05, 4.69) is 4.98 Å². The van der Waals surface area contributed by atoms with Gasteiger partial charge >= 0.3 is 6.09 Å². The van der Waals surface area contributed by atoms with Gasteiger partial charge < -0.3 is 4.74 Å². The molecule has 0 aliphatic heterocycles. The number of ether oxygens (including phenoxy) is 1. The largest absolute Gasteiger partial charge is 0.443 e. The summed E-state index contributed by atoms with van der Waals surface area (Å²) in [7, 11) is 0. The maximum absolute atomic E-state index is 13.7. The van der Waals surface area contributed by atoms with Crippen molar-refractivity contribution in [1.29, 1.82) is 0 Å². The van der Waals surface area contributed by atoms with Crippen molar-refractivity contribution in [2.75, 3.05) is 0 Å². The molecule has 1 atom stereocenters. The minimum absolute atomic E-state index is 0.0904. The van der Waals surface area contributed by atoms with Gasteiger partial charge in [-0.3, -0.25) is 4.79 Å². The zero-order chi connectivity index (χ0) is 28.6. The smallest absolute Gasteiger partial charge is 0.419 e. The van der Waals surface area contributed by atoms with Crippen LogP contribution in [-0.4, -0.2) is 36.8 Å². The quantitative estimate of drug-likeness (QED) is 0.198. The van der Waals surface area contributed by atoms with Crippen molar-refractivity contribution < 1.29 is 18.7 Å². The van der Waals surface area contributed by atoms with Crippen LogP contribution in [0.2, 0.25) is 5.02 Å². The van der Waals surface area contributed by atoms with E-state index in [1.807, 2.05) is 31.2 Å². The molecule has 0 saturated heterocycles. The second-order valence-corrected chi connectivity index (χ2v) is 11.1. The van der Waals surface area contributed by atoms with Crippen LogP contribution in [-0.2, 0) is 4.74 Å². The van der Waals surface area contributed by atoms with E-state index in [4.69, 9.17) is 21.4 Å². The lowest BCUT2D eigenvalue weighted by Gasteiger charge is -2.19. The summed E-state index contributed by atoms with van der Waals surface area (Å²) in [6, 6.07) is 18.8. The van der Waals surface area contributed by atoms with E-state index in [1.165, 1.54) is 23.0 Å². The summed E-state index contributed by atoms with van der Waals surface area (Å²) in [6.45, 7) is 7.26. The van der Waals surface area contributed by atoms with Crippen LogP contribution in [0.5, 0.6) is 0 Å². The van der Waals surface area contributed by atoms with Gasteiger partial charge in [0.2, 0.25) is 0 Å². The summed E-state index contributed by atoms with van der Waals surface area (Å²) in [6.07, 6.45) is 2.64. The molecule has 0 N–H and O–H groups in total. The number of imidazole rings is 1. The number of halogens is 2. The Morgan fingerprint density at radius 2 is 1.77 bits per heavy atom. The first-order valence-electron chi connectivity index (χ1n) is 12.8. The summed E-state index contributed by atoms with van der Waals surface area (Å²) < 4.78 is 22.0. The zero-order valence-electron chi connectivity index (χ0n) is 22.6. The number of ketones is 1. The summed E-state index contributed by atoms with van der Waals surface area (Å²) in [5.41, 5.74) is 3.23. The monoisotopic (exact) mass is 558 g/mol. The highest BCUT2D eigenvalue weighted by atomic mass is 35.5. The van der Waals surface area contributed by atoms with Gasteiger partial charge in [-0.1, -0.05) is 42.8 Å². The van der Waals surface area contributed by atoms with Gasteiger partial charge in [0.25, 0.3) is 0 Å². The Balaban J connectivity index is 1.46. The van der Waals surface area contributed by atoms with Gasteiger partial charge in [-0.25, -0.2) is 23.4 Å². The molecule has 3 aromatic carbocycles. The molecule has 2 aromatic heterocycles. The van der Waals surface area contributed by atoms with Crippen LogP contribution in [0.3, 0.4) is 0 Å². The lowest BCUT2D eigenvalue weighted by atomic mass is 9.96. The van der Waals surface area contributed by atoms with Gasteiger partial charge in [-0.15, -0.1) is 0 Å².